The fraction of sp³-hybridized carbons (Fsp3) is 0.632. The van der Waals surface area contributed by atoms with Gasteiger partial charge in [-0.2, -0.15) is 0 Å². The zero-order chi connectivity index (χ0) is 16.8. The number of morpholine rings is 1. The molecule has 1 aromatic carbocycles. The number of benzene rings is 1. The van der Waals surface area contributed by atoms with Crippen LogP contribution in [0, 0.1) is 5.92 Å². The number of piperidine rings is 1. The monoisotopic (exact) mass is 332 g/mol. The van der Waals surface area contributed by atoms with E-state index < -0.39 is 0 Å². The highest BCUT2D eigenvalue weighted by Gasteiger charge is 2.24. The molecule has 0 aliphatic carbocycles. The predicted molar refractivity (Wildman–Crippen MR) is 93.3 cm³/mol. The number of para-hydroxylation sites is 1. The molecule has 5 heteroatoms. The summed E-state index contributed by atoms with van der Waals surface area (Å²) >= 11 is 0. The lowest BCUT2D eigenvalue weighted by molar-refractivity contribution is -0.136. The topological polar surface area (TPSA) is 42.0 Å². The van der Waals surface area contributed by atoms with Gasteiger partial charge in [0.05, 0.1) is 26.9 Å². The van der Waals surface area contributed by atoms with Crippen molar-refractivity contribution in [2.45, 2.75) is 19.3 Å². The number of hydrogen-bond donors (Lipinski definition) is 0. The maximum absolute atomic E-state index is 12.3. The van der Waals surface area contributed by atoms with Crippen molar-refractivity contribution in [3.05, 3.63) is 29.8 Å². The Bertz CT molecular complexity index is 535. The summed E-state index contributed by atoms with van der Waals surface area (Å²) in [6.07, 6.45) is 3.36. The first-order valence-corrected chi connectivity index (χ1v) is 8.96. The van der Waals surface area contributed by atoms with E-state index in [4.69, 9.17) is 9.47 Å². The first kappa shape index (κ1) is 17.2. The highest BCUT2D eigenvalue weighted by molar-refractivity contribution is 5.78. The van der Waals surface area contributed by atoms with E-state index in [2.05, 4.69) is 17.0 Å². The average molecular weight is 332 g/mol. The van der Waals surface area contributed by atoms with Gasteiger partial charge in [0, 0.05) is 13.1 Å². The third kappa shape index (κ3) is 4.48. The molecular weight excluding hydrogens is 304 g/mol. The highest BCUT2D eigenvalue weighted by atomic mass is 16.5. The van der Waals surface area contributed by atoms with Gasteiger partial charge >= 0.3 is 0 Å². The second kappa shape index (κ2) is 8.49. The Balaban J connectivity index is 1.44. The summed E-state index contributed by atoms with van der Waals surface area (Å²) in [5.74, 6) is 1.92. The van der Waals surface area contributed by atoms with Gasteiger partial charge < -0.3 is 14.4 Å². The van der Waals surface area contributed by atoms with Gasteiger partial charge in [-0.15, -0.1) is 0 Å². The van der Waals surface area contributed by atoms with Crippen molar-refractivity contribution in [2.75, 3.05) is 53.0 Å². The molecule has 2 fully saturated rings. The number of carbonyl (C=O) groups is 1. The van der Waals surface area contributed by atoms with Crippen LogP contribution in [-0.4, -0.2) is 68.8 Å². The summed E-state index contributed by atoms with van der Waals surface area (Å²) in [6, 6.07) is 8.29. The zero-order valence-corrected chi connectivity index (χ0v) is 14.6. The molecule has 0 unspecified atom stereocenters. The highest BCUT2D eigenvalue weighted by Crippen LogP contribution is 2.26. The van der Waals surface area contributed by atoms with Gasteiger partial charge in [-0.3, -0.25) is 9.69 Å². The number of rotatable bonds is 5. The van der Waals surface area contributed by atoms with Crippen molar-refractivity contribution in [2.24, 2.45) is 5.92 Å². The van der Waals surface area contributed by atoms with E-state index in [0.29, 0.717) is 25.7 Å². The predicted octanol–water partition coefficient (Wildman–Crippen LogP) is 1.81. The van der Waals surface area contributed by atoms with Gasteiger partial charge in [0.1, 0.15) is 5.75 Å². The van der Waals surface area contributed by atoms with Crippen molar-refractivity contribution in [1.29, 1.82) is 0 Å². The summed E-state index contributed by atoms with van der Waals surface area (Å²) in [5.41, 5.74) is 1.29. The molecule has 5 nitrogen and oxygen atoms in total. The maximum atomic E-state index is 12.3. The van der Waals surface area contributed by atoms with E-state index in [1.807, 2.05) is 17.0 Å². The molecule has 0 radical (unpaired) electrons. The van der Waals surface area contributed by atoms with Crippen LogP contribution in [0.5, 0.6) is 5.75 Å². The molecule has 2 heterocycles. The molecule has 2 saturated heterocycles. The number of methoxy groups -OCH3 is 1. The van der Waals surface area contributed by atoms with Crippen LogP contribution in [0.4, 0.5) is 0 Å². The van der Waals surface area contributed by atoms with Crippen LogP contribution in [0.15, 0.2) is 24.3 Å². The van der Waals surface area contributed by atoms with Crippen molar-refractivity contribution < 1.29 is 14.3 Å². The molecule has 1 aromatic rings. The molecule has 1 amide bonds. The number of carbonyl (C=O) groups excluding carboxylic acids is 1. The fourth-order valence-corrected chi connectivity index (χ4v) is 3.64. The summed E-state index contributed by atoms with van der Waals surface area (Å²) < 4.78 is 10.8. The Morgan fingerprint density at radius 2 is 1.88 bits per heavy atom. The average Bonchev–Trinajstić information content (AvgIpc) is 2.64. The molecule has 0 aromatic heterocycles. The SMILES string of the molecule is COc1ccccc1CC1CCN(CC(=O)N2CCOCC2)CC1. The molecule has 0 bridgehead atoms. The van der Waals surface area contributed by atoms with Crippen LogP contribution in [-0.2, 0) is 16.0 Å². The number of likely N-dealkylation sites (tertiary alicyclic amines) is 1. The summed E-state index contributed by atoms with van der Waals surface area (Å²) in [5, 5.41) is 0. The first-order valence-electron chi connectivity index (χ1n) is 8.96. The quantitative estimate of drug-likeness (QED) is 0.825. The van der Waals surface area contributed by atoms with Gasteiger partial charge in [-0.25, -0.2) is 0 Å². The number of ether oxygens (including phenoxy) is 2. The lowest BCUT2D eigenvalue weighted by atomic mass is 9.90. The van der Waals surface area contributed by atoms with Crippen LogP contribution in [0.25, 0.3) is 0 Å². The molecule has 0 spiro atoms. The third-order valence-electron chi connectivity index (χ3n) is 5.13. The standard InChI is InChI=1S/C19H28N2O3/c1-23-18-5-3-2-4-17(18)14-16-6-8-20(9-7-16)15-19(22)21-10-12-24-13-11-21/h2-5,16H,6-15H2,1H3. The minimum atomic E-state index is 0.251. The van der Waals surface area contributed by atoms with Crippen LogP contribution in [0.2, 0.25) is 0 Å². The Morgan fingerprint density at radius 3 is 2.58 bits per heavy atom. The molecule has 3 rings (SSSR count). The second-order valence-corrected chi connectivity index (χ2v) is 6.73. The van der Waals surface area contributed by atoms with Crippen LogP contribution in [0.3, 0.4) is 0 Å². The first-order chi connectivity index (χ1) is 11.8. The van der Waals surface area contributed by atoms with Crippen LogP contribution < -0.4 is 4.74 Å². The normalized spacial score (nSPS) is 20.1. The van der Waals surface area contributed by atoms with E-state index in [1.165, 1.54) is 5.56 Å². The summed E-state index contributed by atoms with van der Waals surface area (Å²) in [4.78, 5) is 16.6. The lowest BCUT2D eigenvalue weighted by Gasteiger charge is -2.34. The van der Waals surface area contributed by atoms with E-state index in [-0.39, 0.29) is 5.91 Å². The molecule has 0 N–H and O–H groups in total. The minimum Gasteiger partial charge on any atom is -0.496 e. The molecule has 132 valence electrons. The second-order valence-electron chi connectivity index (χ2n) is 6.73. The Morgan fingerprint density at radius 1 is 1.17 bits per heavy atom. The van der Waals surface area contributed by atoms with Crippen LogP contribution in [0.1, 0.15) is 18.4 Å². The van der Waals surface area contributed by atoms with E-state index >= 15 is 0 Å². The molecular formula is C19H28N2O3. The van der Waals surface area contributed by atoms with Gasteiger partial charge in [0.25, 0.3) is 0 Å². The Hall–Kier alpha value is -1.59. The van der Waals surface area contributed by atoms with Crippen molar-refractivity contribution in [3.63, 3.8) is 0 Å². The van der Waals surface area contributed by atoms with Crippen LogP contribution >= 0.6 is 0 Å². The number of amides is 1. The van der Waals surface area contributed by atoms with Gasteiger partial charge in [0.15, 0.2) is 0 Å². The zero-order valence-electron chi connectivity index (χ0n) is 14.6. The van der Waals surface area contributed by atoms with Crippen molar-refractivity contribution in [3.8, 4) is 5.75 Å². The molecule has 24 heavy (non-hydrogen) atoms. The molecule has 2 aliphatic rings. The third-order valence-corrected chi connectivity index (χ3v) is 5.13. The van der Waals surface area contributed by atoms with E-state index in [0.717, 1.165) is 51.2 Å². The summed E-state index contributed by atoms with van der Waals surface area (Å²) in [7, 11) is 1.73. The Labute approximate surface area is 144 Å². The van der Waals surface area contributed by atoms with Gasteiger partial charge in [-0.05, 0) is 49.9 Å². The largest absolute Gasteiger partial charge is 0.496 e. The van der Waals surface area contributed by atoms with Gasteiger partial charge in [0.2, 0.25) is 5.91 Å². The fourth-order valence-electron chi connectivity index (χ4n) is 3.64. The minimum absolute atomic E-state index is 0.251. The maximum Gasteiger partial charge on any atom is 0.236 e. The van der Waals surface area contributed by atoms with Crippen molar-refractivity contribution >= 4 is 5.91 Å². The lowest BCUT2D eigenvalue weighted by Crippen LogP contribution is -2.47. The Kier molecular flexibility index (Phi) is 6.10. The van der Waals surface area contributed by atoms with Gasteiger partial charge in [-0.1, -0.05) is 18.2 Å². The molecule has 0 saturated carbocycles. The smallest absolute Gasteiger partial charge is 0.236 e. The number of hydrogen-bond acceptors (Lipinski definition) is 4. The summed E-state index contributed by atoms with van der Waals surface area (Å²) in [6.45, 7) is 5.40. The molecule has 2 aliphatic heterocycles. The van der Waals surface area contributed by atoms with E-state index in [1.54, 1.807) is 7.11 Å². The van der Waals surface area contributed by atoms with E-state index in [9.17, 15) is 4.79 Å². The molecule has 0 atom stereocenters. The number of nitrogens with zero attached hydrogens (tertiary/aromatic N) is 2. The van der Waals surface area contributed by atoms with Crippen molar-refractivity contribution in [1.82, 2.24) is 9.80 Å².